The summed E-state index contributed by atoms with van der Waals surface area (Å²) in [6, 6.07) is 17.9. The molecule has 0 bridgehead atoms. The number of benzene rings is 2. The molecule has 3 aromatic rings. The van der Waals surface area contributed by atoms with Crippen LogP contribution in [-0.4, -0.2) is 62.4 Å². The van der Waals surface area contributed by atoms with Gasteiger partial charge in [0, 0.05) is 32.0 Å². The maximum absolute atomic E-state index is 13.3. The maximum atomic E-state index is 13.3. The molecule has 1 aliphatic rings. The minimum atomic E-state index is -4.11. The smallest absolute Gasteiger partial charge is 0.323 e. The lowest BCUT2D eigenvalue weighted by molar-refractivity contribution is -0.139. The molecule has 220 valence electrons. The number of piperidine rings is 1. The van der Waals surface area contributed by atoms with E-state index in [2.05, 4.69) is 16.0 Å². The third kappa shape index (κ3) is 8.79. The summed E-state index contributed by atoms with van der Waals surface area (Å²) in [5.74, 6) is -1.18. The maximum Gasteiger partial charge on any atom is 0.323 e. The highest BCUT2D eigenvalue weighted by atomic mass is 35.5. The Balaban J connectivity index is 1.46. The number of carbonyl (C=O) groups excluding carboxylic acids is 1. The Bertz CT molecular complexity index is 1530. The number of likely N-dealkylation sites (tertiary alicyclic amines) is 1. The standard InChI is InChI=1S/C31H33ClN4O5S/c1-2-40-31(37)23-42(38,39)36(16-4-7-24-5-3-6-26(19-24)21-33)27-8-9-30(29(32)20-27)41-28-12-17-35(18-13-28)22-25-10-14-34-15-11-25/h3-11,14-15,19-20,28H,2,12-13,16-18,22-23H2,1H3/b7-4+. The van der Waals surface area contributed by atoms with Crippen LogP contribution in [-0.2, 0) is 26.1 Å². The molecule has 0 atom stereocenters. The molecule has 0 amide bonds. The Morgan fingerprint density at radius 3 is 2.62 bits per heavy atom. The summed E-state index contributed by atoms with van der Waals surface area (Å²) in [5, 5.41) is 9.42. The Labute approximate surface area is 252 Å². The second-order valence-electron chi connectivity index (χ2n) is 9.80. The average molecular weight is 609 g/mol. The van der Waals surface area contributed by atoms with E-state index in [1.54, 1.807) is 67.9 Å². The zero-order valence-corrected chi connectivity index (χ0v) is 24.9. The van der Waals surface area contributed by atoms with Crippen molar-refractivity contribution in [3.63, 3.8) is 0 Å². The highest BCUT2D eigenvalue weighted by Crippen LogP contribution is 2.33. The SMILES string of the molecule is CCOC(=O)CS(=O)(=O)N(C/C=C/c1cccc(C#N)c1)c1ccc(OC2CCN(Cc3ccncc3)CC2)c(Cl)c1. The molecule has 9 nitrogen and oxygen atoms in total. The van der Waals surface area contributed by atoms with E-state index in [0.717, 1.165) is 42.3 Å². The minimum Gasteiger partial charge on any atom is -0.489 e. The Kier molecular flexibility index (Phi) is 11.0. The number of nitriles is 1. The van der Waals surface area contributed by atoms with Crippen molar-refractivity contribution in [2.75, 3.05) is 36.3 Å². The molecule has 4 rings (SSSR count). The molecule has 1 fully saturated rings. The summed E-state index contributed by atoms with van der Waals surface area (Å²) >= 11 is 6.59. The molecule has 0 spiro atoms. The van der Waals surface area contributed by atoms with E-state index in [1.807, 2.05) is 12.1 Å². The summed E-state index contributed by atoms with van der Waals surface area (Å²) < 4.78 is 38.8. The molecule has 0 N–H and O–H groups in total. The number of rotatable bonds is 12. The summed E-state index contributed by atoms with van der Waals surface area (Å²) in [5.41, 5.74) is 2.74. The molecule has 1 saturated heterocycles. The van der Waals surface area contributed by atoms with Gasteiger partial charge in [0.25, 0.3) is 0 Å². The molecule has 42 heavy (non-hydrogen) atoms. The lowest BCUT2D eigenvalue weighted by Crippen LogP contribution is -2.38. The van der Waals surface area contributed by atoms with E-state index < -0.39 is 21.7 Å². The van der Waals surface area contributed by atoms with Gasteiger partial charge in [-0.2, -0.15) is 5.26 Å². The molecule has 1 aromatic heterocycles. The number of pyridine rings is 1. The molecular formula is C31H33ClN4O5S. The van der Waals surface area contributed by atoms with Crippen molar-refractivity contribution in [2.45, 2.75) is 32.4 Å². The highest BCUT2D eigenvalue weighted by molar-refractivity contribution is 7.93. The van der Waals surface area contributed by atoms with Crippen LogP contribution in [0.1, 0.15) is 36.5 Å². The third-order valence-corrected chi connectivity index (χ3v) is 8.65. The van der Waals surface area contributed by atoms with Gasteiger partial charge in [-0.05, 0) is 73.4 Å². The molecule has 0 saturated carbocycles. The average Bonchev–Trinajstić information content (AvgIpc) is 2.98. The number of carbonyl (C=O) groups is 1. The van der Waals surface area contributed by atoms with Gasteiger partial charge in [0.15, 0.2) is 5.75 Å². The third-order valence-electron chi connectivity index (χ3n) is 6.73. The summed E-state index contributed by atoms with van der Waals surface area (Å²) in [6.45, 7) is 4.25. The molecule has 11 heteroatoms. The lowest BCUT2D eigenvalue weighted by atomic mass is 10.1. The van der Waals surface area contributed by atoms with Gasteiger partial charge in [0.05, 0.1) is 35.5 Å². The van der Waals surface area contributed by atoms with E-state index in [4.69, 9.17) is 26.3 Å². The van der Waals surface area contributed by atoms with Crippen LogP contribution in [0.3, 0.4) is 0 Å². The molecule has 0 unspecified atom stereocenters. The Morgan fingerprint density at radius 2 is 1.93 bits per heavy atom. The van der Waals surface area contributed by atoms with Crippen molar-refractivity contribution in [2.24, 2.45) is 0 Å². The fourth-order valence-corrected chi connectivity index (χ4v) is 6.16. The van der Waals surface area contributed by atoms with Crippen LogP contribution in [0.25, 0.3) is 6.08 Å². The van der Waals surface area contributed by atoms with Gasteiger partial charge in [0.1, 0.15) is 11.9 Å². The van der Waals surface area contributed by atoms with Gasteiger partial charge in [0.2, 0.25) is 10.0 Å². The lowest BCUT2D eigenvalue weighted by Gasteiger charge is -2.32. The molecule has 0 radical (unpaired) electrons. The van der Waals surface area contributed by atoms with Crippen LogP contribution in [0, 0.1) is 11.3 Å². The first-order valence-electron chi connectivity index (χ1n) is 13.7. The van der Waals surface area contributed by atoms with Crippen molar-refractivity contribution >= 4 is 39.4 Å². The van der Waals surface area contributed by atoms with E-state index in [0.29, 0.717) is 17.0 Å². The predicted octanol–water partition coefficient (Wildman–Crippen LogP) is 5.06. The van der Waals surface area contributed by atoms with Crippen molar-refractivity contribution in [3.8, 4) is 11.8 Å². The van der Waals surface area contributed by atoms with Crippen molar-refractivity contribution in [3.05, 3.63) is 94.8 Å². The first kappa shape index (κ1) is 31.0. The highest BCUT2D eigenvalue weighted by Gasteiger charge is 2.27. The zero-order chi connectivity index (χ0) is 30.0. The molecule has 1 aliphatic heterocycles. The molecule has 2 heterocycles. The molecular weight excluding hydrogens is 576 g/mol. The topological polar surface area (TPSA) is 113 Å². The van der Waals surface area contributed by atoms with Crippen LogP contribution in [0.5, 0.6) is 5.75 Å². The summed E-state index contributed by atoms with van der Waals surface area (Å²) in [4.78, 5) is 18.5. The number of aromatic nitrogens is 1. The molecule has 0 aliphatic carbocycles. The summed E-state index contributed by atoms with van der Waals surface area (Å²) in [7, 11) is -4.11. The van der Waals surface area contributed by atoms with Gasteiger partial charge < -0.3 is 9.47 Å². The van der Waals surface area contributed by atoms with Crippen LogP contribution in [0.15, 0.2) is 73.1 Å². The van der Waals surface area contributed by atoms with Crippen molar-refractivity contribution < 1.29 is 22.7 Å². The number of nitrogens with zero attached hydrogens (tertiary/aromatic N) is 4. The first-order valence-corrected chi connectivity index (χ1v) is 15.7. The number of anilines is 1. The van der Waals surface area contributed by atoms with E-state index in [9.17, 15) is 13.2 Å². The van der Waals surface area contributed by atoms with E-state index in [1.165, 1.54) is 11.6 Å². The van der Waals surface area contributed by atoms with Crippen LogP contribution < -0.4 is 9.04 Å². The predicted molar refractivity (Wildman–Crippen MR) is 163 cm³/mol. The fraction of sp³-hybridized carbons (Fsp3) is 0.323. The van der Waals surface area contributed by atoms with Gasteiger partial charge in [-0.3, -0.25) is 19.0 Å². The normalized spacial score (nSPS) is 14.4. The van der Waals surface area contributed by atoms with Crippen molar-refractivity contribution in [1.29, 1.82) is 5.26 Å². The van der Waals surface area contributed by atoms with E-state index >= 15 is 0 Å². The van der Waals surface area contributed by atoms with Gasteiger partial charge in [-0.15, -0.1) is 0 Å². The largest absolute Gasteiger partial charge is 0.489 e. The van der Waals surface area contributed by atoms with Gasteiger partial charge in [-0.25, -0.2) is 8.42 Å². The fourth-order valence-electron chi connectivity index (χ4n) is 4.66. The number of hydrogen-bond acceptors (Lipinski definition) is 8. The van der Waals surface area contributed by atoms with Crippen LogP contribution in [0.2, 0.25) is 5.02 Å². The van der Waals surface area contributed by atoms with Crippen LogP contribution in [0.4, 0.5) is 5.69 Å². The number of esters is 1. The minimum absolute atomic E-state index is 0.0159. The van der Waals surface area contributed by atoms with E-state index in [-0.39, 0.29) is 24.3 Å². The van der Waals surface area contributed by atoms with Gasteiger partial charge in [-0.1, -0.05) is 35.9 Å². The Morgan fingerprint density at radius 1 is 1.17 bits per heavy atom. The van der Waals surface area contributed by atoms with Gasteiger partial charge >= 0.3 is 5.97 Å². The monoisotopic (exact) mass is 608 g/mol. The zero-order valence-electron chi connectivity index (χ0n) is 23.4. The second-order valence-corrected chi connectivity index (χ2v) is 12.1. The first-order chi connectivity index (χ1) is 20.3. The number of sulfonamides is 1. The quantitative estimate of drug-likeness (QED) is 0.262. The Hall–Kier alpha value is -3.91. The number of halogens is 1. The van der Waals surface area contributed by atoms with Crippen LogP contribution >= 0.6 is 11.6 Å². The molecule has 2 aromatic carbocycles. The number of ether oxygens (including phenoxy) is 2. The summed E-state index contributed by atoms with van der Waals surface area (Å²) in [6.07, 6.45) is 8.61. The second kappa shape index (κ2) is 14.8. The van der Waals surface area contributed by atoms with Crippen molar-refractivity contribution in [1.82, 2.24) is 9.88 Å². The number of hydrogen-bond donors (Lipinski definition) is 0.